The van der Waals surface area contributed by atoms with Crippen molar-refractivity contribution in [3.8, 4) is 33.4 Å². The Kier molecular flexibility index (Phi) is 8.47. The molecule has 2 aliphatic rings. The average molecular weight is 827 g/mol. The van der Waals surface area contributed by atoms with Gasteiger partial charge < -0.3 is 9.80 Å². The van der Waals surface area contributed by atoms with Crippen LogP contribution in [0.25, 0.3) is 54.9 Å². The highest BCUT2D eigenvalue weighted by Gasteiger charge is 2.46. The molecule has 0 radical (unpaired) electrons. The van der Waals surface area contributed by atoms with Crippen LogP contribution in [0.2, 0.25) is 0 Å². The molecule has 2 nitrogen and oxygen atoms in total. The highest BCUT2D eigenvalue weighted by Crippen LogP contribution is 2.58. The maximum atomic E-state index is 2.46. The molecule has 1 heterocycles. The monoisotopic (exact) mass is 826 g/mol. The van der Waals surface area contributed by atoms with Gasteiger partial charge in [0.05, 0.1) is 16.8 Å². The third kappa shape index (κ3) is 5.67. The standard InChI is InChI=1S/C63H42N2/c1-4-16-43(17-5-1)44-30-33-49(34-31-44)64(52-39-40-55-54-26-12-13-28-57(54)63(58(55)42-52,47-21-6-2-7-22-47)48-23-8-3-9-24-48)50-35-37-51(38-36-50)65-59-29-15-20-46-19-14-27-56(61(46)59)62-53-25-11-10-18-45(53)32-41-60(62)65/h1-42H. The van der Waals surface area contributed by atoms with E-state index in [4.69, 9.17) is 0 Å². The Morgan fingerprint density at radius 3 is 1.63 bits per heavy atom. The zero-order valence-electron chi connectivity index (χ0n) is 35.6. The number of hydrogen-bond donors (Lipinski definition) is 0. The zero-order valence-corrected chi connectivity index (χ0v) is 35.6. The van der Waals surface area contributed by atoms with Gasteiger partial charge in [-0.25, -0.2) is 0 Å². The number of hydrogen-bond acceptors (Lipinski definition) is 2. The highest BCUT2D eigenvalue weighted by molar-refractivity contribution is 6.19. The lowest BCUT2D eigenvalue weighted by Gasteiger charge is -2.35. The van der Waals surface area contributed by atoms with E-state index in [2.05, 4.69) is 265 Å². The molecule has 65 heavy (non-hydrogen) atoms. The van der Waals surface area contributed by atoms with Gasteiger partial charge >= 0.3 is 0 Å². The molecule has 1 aliphatic heterocycles. The Hall–Kier alpha value is -8.46. The summed E-state index contributed by atoms with van der Waals surface area (Å²) in [5.41, 5.74) is 18.8. The Morgan fingerprint density at radius 1 is 0.338 bits per heavy atom. The van der Waals surface area contributed by atoms with Crippen molar-refractivity contribution in [2.45, 2.75) is 5.41 Å². The van der Waals surface area contributed by atoms with Crippen molar-refractivity contribution in [3.63, 3.8) is 0 Å². The second-order valence-electron chi connectivity index (χ2n) is 17.2. The first-order chi connectivity index (χ1) is 32.3. The molecule has 13 rings (SSSR count). The molecular weight excluding hydrogens is 785 g/mol. The van der Waals surface area contributed by atoms with E-state index in [1.165, 1.54) is 88.6 Å². The van der Waals surface area contributed by atoms with Crippen LogP contribution < -0.4 is 9.80 Å². The fraction of sp³-hybridized carbons (Fsp3) is 0.0159. The van der Waals surface area contributed by atoms with E-state index in [0.717, 1.165) is 22.7 Å². The van der Waals surface area contributed by atoms with Crippen molar-refractivity contribution in [1.29, 1.82) is 0 Å². The molecule has 0 atom stereocenters. The summed E-state index contributed by atoms with van der Waals surface area (Å²) >= 11 is 0. The van der Waals surface area contributed by atoms with E-state index in [1.54, 1.807) is 0 Å². The summed E-state index contributed by atoms with van der Waals surface area (Å²) in [5.74, 6) is 0. The first kappa shape index (κ1) is 37.1. The lowest BCUT2D eigenvalue weighted by molar-refractivity contribution is 0.768. The molecule has 11 aromatic carbocycles. The van der Waals surface area contributed by atoms with Gasteiger partial charge in [-0.3, -0.25) is 0 Å². The van der Waals surface area contributed by atoms with E-state index >= 15 is 0 Å². The van der Waals surface area contributed by atoms with E-state index in [0.29, 0.717) is 0 Å². The number of benzene rings is 11. The Bertz CT molecular complexity index is 3530. The fourth-order valence-electron chi connectivity index (χ4n) is 11.1. The molecule has 0 saturated heterocycles. The molecule has 11 aromatic rings. The molecule has 0 amide bonds. The molecule has 1 aliphatic carbocycles. The molecule has 0 saturated carbocycles. The second kappa shape index (κ2) is 14.8. The Labute approximate surface area is 379 Å². The minimum absolute atomic E-state index is 0.514. The van der Waals surface area contributed by atoms with Crippen LogP contribution in [-0.2, 0) is 5.41 Å². The molecule has 0 N–H and O–H groups in total. The molecule has 0 bridgehead atoms. The van der Waals surface area contributed by atoms with Crippen LogP contribution >= 0.6 is 0 Å². The van der Waals surface area contributed by atoms with Gasteiger partial charge in [-0.2, -0.15) is 0 Å². The van der Waals surface area contributed by atoms with E-state index < -0.39 is 5.41 Å². The highest BCUT2D eigenvalue weighted by atomic mass is 15.2. The van der Waals surface area contributed by atoms with Crippen molar-refractivity contribution < 1.29 is 0 Å². The van der Waals surface area contributed by atoms with Crippen LogP contribution in [0.4, 0.5) is 34.1 Å². The lowest BCUT2D eigenvalue weighted by atomic mass is 9.67. The van der Waals surface area contributed by atoms with E-state index in [1.807, 2.05) is 0 Å². The summed E-state index contributed by atoms with van der Waals surface area (Å²) < 4.78 is 0. The van der Waals surface area contributed by atoms with Crippen LogP contribution in [0, 0.1) is 0 Å². The largest absolute Gasteiger partial charge is 0.310 e. The molecule has 0 unspecified atom stereocenters. The molecule has 0 spiro atoms. The predicted octanol–water partition coefficient (Wildman–Crippen LogP) is 16.9. The summed E-state index contributed by atoms with van der Waals surface area (Å²) in [6.45, 7) is 0. The van der Waals surface area contributed by atoms with Crippen molar-refractivity contribution >= 4 is 55.7 Å². The van der Waals surface area contributed by atoms with Crippen molar-refractivity contribution in [2.75, 3.05) is 9.80 Å². The zero-order chi connectivity index (χ0) is 42.9. The Balaban J connectivity index is 1.00. The fourth-order valence-corrected chi connectivity index (χ4v) is 11.1. The van der Waals surface area contributed by atoms with E-state index in [-0.39, 0.29) is 0 Å². The molecular formula is C63H42N2. The van der Waals surface area contributed by atoms with Gasteiger partial charge in [-0.15, -0.1) is 0 Å². The number of anilines is 6. The van der Waals surface area contributed by atoms with Crippen LogP contribution in [0.1, 0.15) is 22.3 Å². The summed E-state index contributed by atoms with van der Waals surface area (Å²) in [4.78, 5) is 4.89. The average Bonchev–Trinajstić information content (AvgIpc) is 3.68. The summed E-state index contributed by atoms with van der Waals surface area (Å²) in [6, 6.07) is 93.9. The maximum absolute atomic E-state index is 2.46. The van der Waals surface area contributed by atoms with Gasteiger partial charge in [0.1, 0.15) is 0 Å². The quantitative estimate of drug-likeness (QED) is 0.158. The van der Waals surface area contributed by atoms with Crippen LogP contribution in [0.3, 0.4) is 0 Å². The normalized spacial score (nSPS) is 13.0. The SMILES string of the molecule is c1ccc(-c2ccc(N(c3ccc(N4c5ccc6ccccc6c5-c5cccc6cccc4c56)cc3)c3ccc4c(c3)C(c3ccccc3)(c3ccccc3)c3ccccc3-4)cc2)cc1. The first-order valence-electron chi connectivity index (χ1n) is 22.5. The molecule has 0 fully saturated rings. The maximum Gasteiger partial charge on any atom is 0.0714 e. The third-order valence-corrected chi connectivity index (χ3v) is 13.8. The van der Waals surface area contributed by atoms with Crippen molar-refractivity contribution in [1.82, 2.24) is 0 Å². The summed E-state index contributed by atoms with van der Waals surface area (Å²) in [5, 5.41) is 5.03. The summed E-state index contributed by atoms with van der Waals surface area (Å²) in [6.07, 6.45) is 0. The van der Waals surface area contributed by atoms with Gasteiger partial charge in [-0.05, 0) is 127 Å². The lowest BCUT2D eigenvalue weighted by Crippen LogP contribution is -2.28. The first-order valence-corrected chi connectivity index (χ1v) is 22.5. The van der Waals surface area contributed by atoms with Gasteiger partial charge in [-0.1, -0.05) is 194 Å². The second-order valence-corrected chi connectivity index (χ2v) is 17.2. The van der Waals surface area contributed by atoms with Crippen molar-refractivity contribution in [2.24, 2.45) is 0 Å². The van der Waals surface area contributed by atoms with E-state index in [9.17, 15) is 0 Å². The molecule has 0 aromatic heterocycles. The van der Waals surface area contributed by atoms with Crippen LogP contribution in [0.15, 0.2) is 255 Å². The van der Waals surface area contributed by atoms with Gasteiger partial charge in [0.25, 0.3) is 0 Å². The van der Waals surface area contributed by atoms with Gasteiger partial charge in [0.15, 0.2) is 0 Å². The number of fused-ring (bicyclic) bond motifs is 7. The molecule has 304 valence electrons. The number of nitrogens with zero attached hydrogens (tertiary/aromatic N) is 2. The Morgan fingerprint density at radius 2 is 0.892 bits per heavy atom. The molecule has 2 heteroatoms. The minimum Gasteiger partial charge on any atom is -0.310 e. The minimum atomic E-state index is -0.514. The van der Waals surface area contributed by atoms with Crippen LogP contribution in [0.5, 0.6) is 0 Å². The van der Waals surface area contributed by atoms with Gasteiger partial charge in [0.2, 0.25) is 0 Å². The topological polar surface area (TPSA) is 6.48 Å². The predicted molar refractivity (Wildman–Crippen MR) is 273 cm³/mol. The van der Waals surface area contributed by atoms with Crippen molar-refractivity contribution in [3.05, 3.63) is 277 Å². The van der Waals surface area contributed by atoms with Crippen LogP contribution in [-0.4, -0.2) is 0 Å². The smallest absolute Gasteiger partial charge is 0.0714 e. The summed E-state index contributed by atoms with van der Waals surface area (Å²) in [7, 11) is 0. The number of rotatable bonds is 7. The third-order valence-electron chi connectivity index (χ3n) is 13.8. The van der Waals surface area contributed by atoms with Gasteiger partial charge in [0, 0.05) is 33.7 Å².